The number of rotatable bonds is 5. The molecule has 0 bridgehead atoms. The molecule has 0 radical (unpaired) electrons. The quantitative estimate of drug-likeness (QED) is 0.709. The molecule has 1 amide bonds. The molecule has 3 aromatic rings. The van der Waals surface area contributed by atoms with Crippen molar-refractivity contribution in [2.45, 2.75) is 32.4 Å². The van der Waals surface area contributed by atoms with E-state index in [1.165, 1.54) is 12.0 Å². The third-order valence-corrected chi connectivity index (χ3v) is 4.89. The summed E-state index contributed by atoms with van der Waals surface area (Å²) in [5, 5.41) is 0.820. The molecule has 0 spiro atoms. The minimum atomic E-state index is -0.0120. The summed E-state index contributed by atoms with van der Waals surface area (Å²) >= 11 is 0. The van der Waals surface area contributed by atoms with Crippen molar-refractivity contribution in [2.24, 2.45) is 0 Å². The number of carbonyl (C=O) groups excluding carboxylic acids is 1. The Morgan fingerprint density at radius 1 is 1.19 bits per heavy atom. The van der Waals surface area contributed by atoms with Crippen LogP contribution >= 0.6 is 0 Å². The molecule has 1 atom stereocenters. The summed E-state index contributed by atoms with van der Waals surface area (Å²) in [6.45, 7) is 3.67. The van der Waals surface area contributed by atoms with Crippen LogP contribution in [0.15, 0.2) is 48.9 Å². The molecule has 1 aliphatic heterocycles. The predicted molar refractivity (Wildman–Crippen MR) is 98.8 cm³/mol. The van der Waals surface area contributed by atoms with Crippen molar-refractivity contribution in [3.05, 3.63) is 54.6 Å². The Kier molecular flexibility index (Phi) is 4.56. The van der Waals surface area contributed by atoms with Gasteiger partial charge in [0.1, 0.15) is 6.33 Å². The highest BCUT2D eigenvalue weighted by atomic mass is 16.5. The van der Waals surface area contributed by atoms with E-state index in [0.717, 1.165) is 30.3 Å². The highest BCUT2D eigenvalue weighted by Crippen LogP contribution is 2.30. The van der Waals surface area contributed by atoms with Crippen LogP contribution in [-0.4, -0.2) is 38.5 Å². The number of amides is 1. The number of para-hydroxylation sites is 1. The van der Waals surface area contributed by atoms with E-state index in [1.54, 1.807) is 0 Å². The first kappa shape index (κ1) is 16.6. The zero-order valence-corrected chi connectivity index (χ0v) is 14.8. The molecule has 3 heterocycles. The van der Waals surface area contributed by atoms with Crippen molar-refractivity contribution < 1.29 is 9.53 Å². The van der Waals surface area contributed by atoms with E-state index in [-0.39, 0.29) is 18.6 Å². The van der Waals surface area contributed by atoms with E-state index in [4.69, 9.17) is 4.74 Å². The normalized spacial score (nSPS) is 16.5. The zero-order valence-electron chi connectivity index (χ0n) is 14.8. The fourth-order valence-electron chi connectivity index (χ4n) is 3.65. The van der Waals surface area contributed by atoms with Crippen LogP contribution < -0.4 is 4.74 Å². The highest BCUT2D eigenvalue weighted by molar-refractivity contribution is 5.84. The average molecular weight is 350 g/mol. The van der Waals surface area contributed by atoms with Gasteiger partial charge in [-0.25, -0.2) is 9.97 Å². The van der Waals surface area contributed by atoms with Crippen LogP contribution in [0.4, 0.5) is 0 Å². The topological polar surface area (TPSA) is 60.2 Å². The molecule has 6 nitrogen and oxygen atoms in total. The summed E-state index contributed by atoms with van der Waals surface area (Å²) in [5.74, 6) is 0.454. The van der Waals surface area contributed by atoms with Crippen LogP contribution in [0.25, 0.3) is 10.9 Å². The SMILES string of the molecule is CCC[C@@H]1c2cccn2CCN1C(=O)COc1ncnc2ccccc12. The van der Waals surface area contributed by atoms with Crippen LogP contribution in [0.5, 0.6) is 5.88 Å². The van der Waals surface area contributed by atoms with Gasteiger partial charge in [-0.15, -0.1) is 0 Å². The number of carbonyl (C=O) groups is 1. The number of hydrogen-bond acceptors (Lipinski definition) is 4. The molecule has 0 fully saturated rings. The number of nitrogens with zero attached hydrogens (tertiary/aromatic N) is 4. The Balaban J connectivity index is 1.51. The highest BCUT2D eigenvalue weighted by Gasteiger charge is 2.30. The van der Waals surface area contributed by atoms with Gasteiger partial charge < -0.3 is 14.2 Å². The van der Waals surface area contributed by atoms with E-state index in [1.807, 2.05) is 29.2 Å². The summed E-state index contributed by atoms with van der Waals surface area (Å²) in [6.07, 6.45) is 5.53. The van der Waals surface area contributed by atoms with Crippen molar-refractivity contribution in [2.75, 3.05) is 13.2 Å². The molecule has 0 aliphatic carbocycles. The van der Waals surface area contributed by atoms with Crippen LogP contribution in [0.2, 0.25) is 0 Å². The predicted octanol–water partition coefficient (Wildman–Crippen LogP) is 3.19. The monoisotopic (exact) mass is 350 g/mol. The largest absolute Gasteiger partial charge is 0.467 e. The second-order valence-corrected chi connectivity index (χ2v) is 6.50. The molecule has 1 aliphatic rings. The summed E-state index contributed by atoms with van der Waals surface area (Å²) in [6, 6.07) is 11.9. The first-order valence-corrected chi connectivity index (χ1v) is 9.05. The molecule has 1 aromatic carbocycles. The summed E-state index contributed by atoms with van der Waals surface area (Å²) in [4.78, 5) is 23.2. The van der Waals surface area contributed by atoms with Gasteiger partial charge in [-0.05, 0) is 30.7 Å². The Bertz CT molecular complexity index is 916. The standard InChI is InChI=1S/C20H22N4O2/c1-2-6-18-17-9-5-10-23(17)11-12-24(18)19(25)13-26-20-15-7-3-4-8-16(15)21-14-22-20/h3-5,7-10,14,18H,2,6,11-13H2,1H3/t18-/m1/s1. The lowest BCUT2D eigenvalue weighted by Crippen LogP contribution is -2.44. The summed E-state index contributed by atoms with van der Waals surface area (Å²) < 4.78 is 8.02. The molecule has 2 aromatic heterocycles. The Labute approximate surface area is 152 Å². The maximum absolute atomic E-state index is 12.9. The summed E-state index contributed by atoms with van der Waals surface area (Å²) in [7, 11) is 0. The van der Waals surface area contributed by atoms with Gasteiger partial charge in [0.2, 0.25) is 5.88 Å². The molecule has 26 heavy (non-hydrogen) atoms. The van der Waals surface area contributed by atoms with Gasteiger partial charge in [0.05, 0.1) is 16.9 Å². The first-order valence-electron chi connectivity index (χ1n) is 9.05. The fraction of sp³-hybridized carbons (Fsp3) is 0.350. The Hall–Kier alpha value is -2.89. The lowest BCUT2D eigenvalue weighted by molar-refractivity contribution is -0.137. The van der Waals surface area contributed by atoms with Gasteiger partial charge >= 0.3 is 0 Å². The average Bonchev–Trinajstić information content (AvgIpc) is 3.16. The molecular weight excluding hydrogens is 328 g/mol. The van der Waals surface area contributed by atoms with E-state index >= 15 is 0 Å². The van der Waals surface area contributed by atoms with Crippen molar-refractivity contribution in [1.82, 2.24) is 19.4 Å². The third kappa shape index (κ3) is 3.03. The van der Waals surface area contributed by atoms with E-state index in [2.05, 4.69) is 39.8 Å². The minimum absolute atomic E-state index is 0.00130. The maximum Gasteiger partial charge on any atom is 0.261 e. The van der Waals surface area contributed by atoms with E-state index in [0.29, 0.717) is 12.4 Å². The van der Waals surface area contributed by atoms with Crippen LogP contribution in [0.1, 0.15) is 31.5 Å². The van der Waals surface area contributed by atoms with Crippen molar-refractivity contribution in [3.8, 4) is 5.88 Å². The molecule has 0 saturated carbocycles. The second kappa shape index (κ2) is 7.15. The smallest absolute Gasteiger partial charge is 0.261 e. The Morgan fingerprint density at radius 3 is 2.96 bits per heavy atom. The number of hydrogen-bond donors (Lipinski definition) is 0. The van der Waals surface area contributed by atoms with Crippen LogP contribution in [0, 0.1) is 0 Å². The van der Waals surface area contributed by atoms with Gasteiger partial charge in [-0.3, -0.25) is 4.79 Å². The Morgan fingerprint density at radius 2 is 2.08 bits per heavy atom. The van der Waals surface area contributed by atoms with Crippen molar-refractivity contribution in [1.29, 1.82) is 0 Å². The zero-order chi connectivity index (χ0) is 17.9. The third-order valence-electron chi connectivity index (χ3n) is 4.89. The first-order chi connectivity index (χ1) is 12.8. The van der Waals surface area contributed by atoms with Gasteiger partial charge in [0.15, 0.2) is 6.61 Å². The minimum Gasteiger partial charge on any atom is -0.467 e. The lowest BCUT2D eigenvalue weighted by atomic mass is 10.0. The number of benzene rings is 1. The van der Waals surface area contributed by atoms with Gasteiger partial charge in [0.25, 0.3) is 5.91 Å². The summed E-state index contributed by atoms with van der Waals surface area (Å²) in [5.41, 5.74) is 2.02. The second-order valence-electron chi connectivity index (χ2n) is 6.50. The number of fused-ring (bicyclic) bond motifs is 2. The molecule has 4 rings (SSSR count). The van der Waals surface area contributed by atoms with Crippen molar-refractivity contribution in [3.63, 3.8) is 0 Å². The molecular formula is C20H22N4O2. The van der Waals surface area contributed by atoms with E-state index in [9.17, 15) is 4.79 Å². The van der Waals surface area contributed by atoms with Gasteiger partial charge in [-0.2, -0.15) is 0 Å². The fourth-order valence-corrected chi connectivity index (χ4v) is 3.65. The number of ether oxygens (including phenoxy) is 1. The van der Waals surface area contributed by atoms with Gasteiger partial charge in [0, 0.05) is 25.0 Å². The van der Waals surface area contributed by atoms with E-state index < -0.39 is 0 Å². The van der Waals surface area contributed by atoms with Gasteiger partial charge in [-0.1, -0.05) is 25.5 Å². The van der Waals surface area contributed by atoms with Crippen LogP contribution in [-0.2, 0) is 11.3 Å². The molecule has 0 saturated heterocycles. The molecule has 0 N–H and O–H groups in total. The maximum atomic E-state index is 12.9. The van der Waals surface area contributed by atoms with Crippen LogP contribution in [0.3, 0.4) is 0 Å². The molecule has 6 heteroatoms. The molecule has 0 unspecified atom stereocenters. The van der Waals surface area contributed by atoms with Crippen molar-refractivity contribution >= 4 is 16.8 Å². The number of aromatic nitrogens is 3. The lowest BCUT2D eigenvalue weighted by Gasteiger charge is -2.37. The molecule has 134 valence electrons.